The molecular weight excluding hydrogens is 288 g/mol. The Balaban J connectivity index is 2.05. The molecule has 1 aromatic carbocycles. The zero-order valence-electron chi connectivity index (χ0n) is 10.8. The molecule has 0 radical (unpaired) electrons. The predicted octanol–water partition coefficient (Wildman–Crippen LogP) is 2.30. The normalized spacial score (nSPS) is 22.7. The van der Waals surface area contributed by atoms with Gasteiger partial charge >= 0.3 is 0 Å². The molecule has 0 amide bonds. The van der Waals surface area contributed by atoms with Gasteiger partial charge in [0.1, 0.15) is 0 Å². The molecule has 0 spiro atoms. The van der Waals surface area contributed by atoms with Crippen LogP contribution in [-0.2, 0) is 14.8 Å². The monoisotopic (exact) mass is 304 g/mol. The highest BCUT2D eigenvalue weighted by Crippen LogP contribution is 2.31. The Bertz CT molecular complexity index is 556. The van der Waals surface area contributed by atoms with Crippen molar-refractivity contribution in [1.29, 1.82) is 0 Å². The number of rotatable bonds is 5. The van der Waals surface area contributed by atoms with E-state index in [-0.39, 0.29) is 0 Å². The number of halogens is 1. The second kappa shape index (κ2) is 5.56. The second-order valence-corrected chi connectivity index (χ2v) is 6.89. The van der Waals surface area contributed by atoms with E-state index in [4.69, 9.17) is 16.3 Å². The predicted molar refractivity (Wildman–Crippen MR) is 77.4 cm³/mol. The first-order valence-corrected chi connectivity index (χ1v) is 8.21. The van der Waals surface area contributed by atoms with E-state index in [2.05, 4.69) is 10.0 Å². The lowest BCUT2D eigenvalue weighted by molar-refractivity contribution is 0.0329. The number of sulfonamides is 1. The lowest BCUT2D eigenvalue weighted by atomic mass is 9.89. The van der Waals surface area contributed by atoms with Crippen molar-refractivity contribution in [3.8, 4) is 0 Å². The van der Waals surface area contributed by atoms with E-state index in [0.29, 0.717) is 22.9 Å². The summed E-state index contributed by atoms with van der Waals surface area (Å²) in [4.78, 5) is 0. The van der Waals surface area contributed by atoms with Crippen molar-refractivity contribution in [3.63, 3.8) is 0 Å². The van der Waals surface area contributed by atoms with Gasteiger partial charge in [-0.15, -0.1) is 0 Å². The molecule has 19 heavy (non-hydrogen) atoms. The van der Waals surface area contributed by atoms with E-state index >= 15 is 0 Å². The van der Waals surface area contributed by atoms with E-state index in [1.807, 2.05) is 0 Å². The van der Waals surface area contributed by atoms with Crippen molar-refractivity contribution in [2.75, 3.05) is 23.4 Å². The summed E-state index contributed by atoms with van der Waals surface area (Å²) in [5.41, 5.74) is 1.23. The SMILES string of the molecule is COC1CC(Nc2cc(NS(C)(=O)=O)ccc2Cl)C1. The highest BCUT2D eigenvalue weighted by molar-refractivity contribution is 7.92. The van der Waals surface area contributed by atoms with Gasteiger partial charge in [-0.25, -0.2) is 8.42 Å². The molecule has 1 saturated carbocycles. The van der Waals surface area contributed by atoms with Crippen LogP contribution in [-0.4, -0.2) is 33.9 Å². The second-order valence-electron chi connectivity index (χ2n) is 4.74. The third kappa shape index (κ3) is 3.99. The third-order valence-corrected chi connectivity index (χ3v) is 3.99. The number of hydrogen-bond acceptors (Lipinski definition) is 4. The molecule has 5 nitrogen and oxygen atoms in total. The Morgan fingerprint density at radius 2 is 2.05 bits per heavy atom. The molecule has 106 valence electrons. The maximum atomic E-state index is 11.2. The lowest BCUT2D eigenvalue weighted by Crippen LogP contribution is -2.40. The zero-order valence-corrected chi connectivity index (χ0v) is 12.4. The average Bonchev–Trinajstić information content (AvgIpc) is 2.25. The average molecular weight is 305 g/mol. The molecule has 1 aliphatic rings. The smallest absolute Gasteiger partial charge is 0.229 e. The van der Waals surface area contributed by atoms with Crippen molar-refractivity contribution < 1.29 is 13.2 Å². The molecule has 2 N–H and O–H groups in total. The van der Waals surface area contributed by atoms with Gasteiger partial charge in [-0.3, -0.25) is 4.72 Å². The minimum absolute atomic E-state index is 0.300. The van der Waals surface area contributed by atoms with Gasteiger partial charge < -0.3 is 10.1 Å². The van der Waals surface area contributed by atoms with Crippen LogP contribution in [0.4, 0.5) is 11.4 Å². The fourth-order valence-corrected chi connectivity index (χ4v) is 2.74. The van der Waals surface area contributed by atoms with Gasteiger partial charge in [0.2, 0.25) is 10.0 Å². The van der Waals surface area contributed by atoms with Gasteiger partial charge in [0.25, 0.3) is 0 Å². The van der Waals surface area contributed by atoms with Crippen LogP contribution in [0.15, 0.2) is 18.2 Å². The van der Waals surface area contributed by atoms with Crippen LogP contribution in [0.3, 0.4) is 0 Å². The van der Waals surface area contributed by atoms with Crippen molar-refractivity contribution in [3.05, 3.63) is 23.2 Å². The summed E-state index contributed by atoms with van der Waals surface area (Å²) in [5.74, 6) is 0. The minimum atomic E-state index is -3.28. The number of methoxy groups -OCH3 is 1. The van der Waals surface area contributed by atoms with Crippen LogP contribution in [0.2, 0.25) is 5.02 Å². The van der Waals surface area contributed by atoms with Crippen molar-refractivity contribution in [2.45, 2.75) is 25.0 Å². The Hall–Kier alpha value is -0.980. The summed E-state index contributed by atoms with van der Waals surface area (Å²) in [7, 11) is -1.58. The van der Waals surface area contributed by atoms with Crippen LogP contribution >= 0.6 is 11.6 Å². The number of nitrogens with one attached hydrogen (secondary N) is 2. The molecule has 7 heteroatoms. The van der Waals surface area contributed by atoms with Crippen molar-refractivity contribution in [1.82, 2.24) is 0 Å². The van der Waals surface area contributed by atoms with Gasteiger partial charge in [-0.05, 0) is 31.0 Å². The topological polar surface area (TPSA) is 67.4 Å². The Morgan fingerprint density at radius 3 is 2.63 bits per heavy atom. The van der Waals surface area contributed by atoms with E-state index in [1.165, 1.54) is 0 Å². The third-order valence-electron chi connectivity index (χ3n) is 3.06. The van der Waals surface area contributed by atoms with Crippen molar-refractivity contribution in [2.24, 2.45) is 0 Å². The van der Waals surface area contributed by atoms with E-state index in [9.17, 15) is 8.42 Å². The molecule has 2 rings (SSSR count). The molecule has 0 aromatic heterocycles. The highest BCUT2D eigenvalue weighted by atomic mass is 35.5. The first-order valence-electron chi connectivity index (χ1n) is 5.94. The molecule has 0 heterocycles. The van der Waals surface area contributed by atoms with E-state index < -0.39 is 10.0 Å². The van der Waals surface area contributed by atoms with Crippen LogP contribution < -0.4 is 10.0 Å². The summed E-state index contributed by atoms with van der Waals surface area (Å²) in [6, 6.07) is 5.32. The van der Waals surface area contributed by atoms with Gasteiger partial charge in [0.15, 0.2) is 0 Å². The molecule has 0 aliphatic heterocycles. The first-order chi connectivity index (χ1) is 8.87. The quantitative estimate of drug-likeness (QED) is 0.876. The fourth-order valence-electron chi connectivity index (χ4n) is 2.01. The maximum Gasteiger partial charge on any atom is 0.229 e. The molecule has 0 saturated heterocycles. The Labute approximate surface area is 118 Å². The molecule has 0 unspecified atom stereocenters. The van der Waals surface area contributed by atoms with Gasteiger partial charge in [-0.1, -0.05) is 11.6 Å². The summed E-state index contributed by atoms with van der Waals surface area (Å²) in [6.07, 6.45) is 3.27. The standard InChI is InChI=1S/C12H17ClN2O3S/c1-18-10-5-9(6-10)14-12-7-8(3-4-11(12)13)15-19(2,16)17/h3-4,7,9-10,14-15H,5-6H2,1-2H3. The number of benzene rings is 1. The Kier molecular flexibility index (Phi) is 4.23. The summed E-state index contributed by atoms with van der Waals surface area (Å²) < 4.78 is 30.0. The number of ether oxygens (including phenoxy) is 1. The number of hydrogen-bond donors (Lipinski definition) is 2. The lowest BCUT2D eigenvalue weighted by Gasteiger charge is -2.35. The van der Waals surface area contributed by atoms with Gasteiger partial charge in [0.05, 0.1) is 28.8 Å². The van der Waals surface area contributed by atoms with Gasteiger partial charge in [0, 0.05) is 13.2 Å². The molecular formula is C12H17ClN2O3S. The van der Waals surface area contributed by atoms with E-state index in [0.717, 1.165) is 24.8 Å². The summed E-state index contributed by atoms with van der Waals surface area (Å²) in [6.45, 7) is 0. The first kappa shape index (κ1) is 14.4. The Morgan fingerprint density at radius 1 is 1.37 bits per heavy atom. The summed E-state index contributed by atoms with van der Waals surface area (Å²) in [5, 5.41) is 3.86. The zero-order chi connectivity index (χ0) is 14.0. The number of anilines is 2. The van der Waals surface area contributed by atoms with Crippen LogP contribution in [0, 0.1) is 0 Å². The molecule has 1 aliphatic carbocycles. The molecule has 1 aromatic rings. The van der Waals surface area contributed by atoms with Gasteiger partial charge in [-0.2, -0.15) is 0 Å². The van der Waals surface area contributed by atoms with E-state index in [1.54, 1.807) is 25.3 Å². The fraction of sp³-hybridized carbons (Fsp3) is 0.500. The van der Waals surface area contributed by atoms with Crippen LogP contribution in [0.1, 0.15) is 12.8 Å². The molecule has 0 atom stereocenters. The minimum Gasteiger partial charge on any atom is -0.381 e. The van der Waals surface area contributed by atoms with Crippen molar-refractivity contribution >= 4 is 33.0 Å². The maximum absolute atomic E-state index is 11.2. The summed E-state index contributed by atoms with van der Waals surface area (Å²) >= 11 is 6.09. The molecule has 1 fully saturated rings. The van der Waals surface area contributed by atoms with Crippen LogP contribution in [0.25, 0.3) is 0 Å². The highest BCUT2D eigenvalue weighted by Gasteiger charge is 2.29. The largest absolute Gasteiger partial charge is 0.381 e. The van der Waals surface area contributed by atoms with Crippen LogP contribution in [0.5, 0.6) is 0 Å². The molecule has 0 bridgehead atoms.